The fourth-order valence-corrected chi connectivity index (χ4v) is 4.14. The van der Waals surface area contributed by atoms with E-state index >= 15 is 0 Å². The first-order valence-electron chi connectivity index (χ1n) is 10.3. The minimum atomic E-state index is -0.132. The fourth-order valence-electron chi connectivity index (χ4n) is 4.14. The van der Waals surface area contributed by atoms with Crippen molar-refractivity contribution in [1.29, 1.82) is 0 Å². The summed E-state index contributed by atoms with van der Waals surface area (Å²) in [6.07, 6.45) is 1.09. The first kappa shape index (κ1) is 19.5. The number of nitrogens with zero attached hydrogens (tertiary/aromatic N) is 3. The Bertz CT molecular complexity index is 827. The molecule has 0 radical (unpaired) electrons. The summed E-state index contributed by atoms with van der Waals surface area (Å²) in [5.74, 6) is 0.427. The zero-order valence-corrected chi connectivity index (χ0v) is 16.7. The number of amides is 3. The van der Waals surface area contributed by atoms with Crippen molar-refractivity contribution in [2.75, 3.05) is 44.2 Å². The largest absolute Gasteiger partial charge is 0.338 e. The summed E-state index contributed by atoms with van der Waals surface area (Å²) in [6, 6.07) is 20.0. The first-order chi connectivity index (χ1) is 14.2. The smallest absolute Gasteiger partial charge is 0.317 e. The van der Waals surface area contributed by atoms with E-state index in [-0.39, 0.29) is 18.5 Å². The Labute approximate surface area is 172 Å². The second-order valence-corrected chi connectivity index (χ2v) is 7.86. The van der Waals surface area contributed by atoms with Crippen LogP contribution in [0, 0.1) is 5.92 Å². The van der Waals surface area contributed by atoms with Crippen LogP contribution in [0.3, 0.4) is 0 Å². The van der Waals surface area contributed by atoms with Gasteiger partial charge in [-0.2, -0.15) is 0 Å². The van der Waals surface area contributed by atoms with Crippen molar-refractivity contribution in [2.45, 2.75) is 13.0 Å². The average molecular weight is 393 g/mol. The molecule has 1 N–H and O–H groups in total. The predicted octanol–water partition coefficient (Wildman–Crippen LogP) is 2.57. The summed E-state index contributed by atoms with van der Waals surface area (Å²) in [5.41, 5.74) is 2.22. The highest BCUT2D eigenvalue weighted by atomic mass is 16.2. The molecule has 2 aliphatic heterocycles. The van der Waals surface area contributed by atoms with E-state index in [0.717, 1.165) is 31.7 Å². The van der Waals surface area contributed by atoms with E-state index in [1.54, 1.807) is 9.80 Å². The Morgan fingerprint density at radius 3 is 2.41 bits per heavy atom. The normalized spacial score (nSPS) is 20.1. The molecule has 0 spiro atoms. The number of rotatable bonds is 5. The van der Waals surface area contributed by atoms with Gasteiger partial charge in [-0.05, 0) is 36.6 Å². The number of piperazine rings is 1. The lowest BCUT2D eigenvalue weighted by Crippen LogP contribution is -2.55. The van der Waals surface area contributed by atoms with Crippen LogP contribution in [-0.2, 0) is 11.3 Å². The van der Waals surface area contributed by atoms with Crippen LogP contribution < -0.4 is 10.2 Å². The Morgan fingerprint density at radius 1 is 0.966 bits per heavy atom. The second-order valence-electron chi connectivity index (χ2n) is 7.86. The lowest BCUT2D eigenvalue weighted by Gasteiger charge is -2.34. The van der Waals surface area contributed by atoms with Crippen LogP contribution in [-0.4, -0.2) is 61.0 Å². The number of nitrogens with one attached hydrogen (secondary N) is 1. The molecule has 3 amide bonds. The second kappa shape index (κ2) is 9.09. The van der Waals surface area contributed by atoms with Gasteiger partial charge in [0.25, 0.3) is 0 Å². The molecule has 0 aromatic heterocycles. The topological polar surface area (TPSA) is 55.9 Å². The van der Waals surface area contributed by atoms with E-state index in [1.165, 1.54) is 5.56 Å². The third-order valence-corrected chi connectivity index (χ3v) is 5.74. The number of hydrogen-bond donors (Lipinski definition) is 1. The van der Waals surface area contributed by atoms with Crippen LogP contribution in [0.25, 0.3) is 0 Å². The standard InChI is InChI=1S/C23H28N4O2/c28-22-18-26(13-14-27(22)21-9-5-2-6-10-21)23(29)24-15-20-11-12-25(17-20)16-19-7-3-1-4-8-19/h1-10,20H,11-18H2,(H,24,29)/t20-/m0/s1. The molecule has 6 nitrogen and oxygen atoms in total. The highest BCUT2D eigenvalue weighted by Gasteiger charge is 2.29. The Morgan fingerprint density at radius 2 is 1.69 bits per heavy atom. The molecule has 29 heavy (non-hydrogen) atoms. The number of para-hydroxylation sites is 1. The molecular weight excluding hydrogens is 364 g/mol. The molecule has 0 saturated carbocycles. The summed E-state index contributed by atoms with van der Waals surface area (Å²) in [4.78, 5) is 30.8. The summed E-state index contributed by atoms with van der Waals surface area (Å²) in [6.45, 7) is 4.89. The highest BCUT2D eigenvalue weighted by molar-refractivity contribution is 5.97. The summed E-state index contributed by atoms with van der Waals surface area (Å²) in [5, 5.41) is 3.04. The lowest BCUT2D eigenvalue weighted by molar-refractivity contribution is -0.120. The zero-order valence-electron chi connectivity index (χ0n) is 16.7. The first-order valence-corrected chi connectivity index (χ1v) is 10.3. The van der Waals surface area contributed by atoms with Gasteiger partial charge in [-0.15, -0.1) is 0 Å². The monoisotopic (exact) mass is 392 g/mol. The number of urea groups is 1. The number of likely N-dealkylation sites (tertiary alicyclic amines) is 1. The number of benzene rings is 2. The van der Waals surface area contributed by atoms with Crippen molar-refractivity contribution in [1.82, 2.24) is 15.1 Å². The van der Waals surface area contributed by atoms with E-state index < -0.39 is 0 Å². The van der Waals surface area contributed by atoms with Crippen LogP contribution in [0.15, 0.2) is 60.7 Å². The van der Waals surface area contributed by atoms with Gasteiger partial charge in [-0.25, -0.2) is 4.79 Å². The maximum atomic E-state index is 12.5. The van der Waals surface area contributed by atoms with Gasteiger partial charge in [0.15, 0.2) is 0 Å². The molecule has 152 valence electrons. The van der Waals surface area contributed by atoms with Gasteiger partial charge in [0.05, 0.1) is 0 Å². The molecular formula is C23H28N4O2. The van der Waals surface area contributed by atoms with E-state index in [0.29, 0.717) is 25.6 Å². The van der Waals surface area contributed by atoms with Gasteiger partial charge in [0.2, 0.25) is 5.91 Å². The quantitative estimate of drug-likeness (QED) is 0.851. The van der Waals surface area contributed by atoms with Gasteiger partial charge in [-0.1, -0.05) is 48.5 Å². The number of hydrogen-bond acceptors (Lipinski definition) is 3. The van der Waals surface area contributed by atoms with E-state index in [2.05, 4.69) is 34.5 Å². The minimum absolute atomic E-state index is 0.0347. The number of carbonyl (C=O) groups is 2. The van der Waals surface area contributed by atoms with Crippen LogP contribution >= 0.6 is 0 Å². The predicted molar refractivity (Wildman–Crippen MR) is 114 cm³/mol. The van der Waals surface area contributed by atoms with Gasteiger partial charge in [0, 0.05) is 38.4 Å². The SMILES string of the molecule is O=C(NC[C@@H]1CCN(Cc2ccccc2)C1)N1CCN(c2ccccc2)C(=O)C1. The summed E-state index contributed by atoms with van der Waals surface area (Å²) >= 11 is 0. The maximum absolute atomic E-state index is 12.5. The molecule has 2 heterocycles. The van der Waals surface area contributed by atoms with E-state index in [4.69, 9.17) is 0 Å². The molecule has 0 bridgehead atoms. The molecule has 2 aromatic carbocycles. The van der Waals surface area contributed by atoms with E-state index in [9.17, 15) is 9.59 Å². The minimum Gasteiger partial charge on any atom is -0.338 e. The Hall–Kier alpha value is -2.86. The van der Waals surface area contributed by atoms with Crippen LogP contribution in [0.4, 0.5) is 10.5 Å². The highest BCUT2D eigenvalue weighted by Crippen LogP contribution is 2.19. The molecule has 6 heteroatoms. The third-order valence-electron chi connectivity index (χ3n) is 5.74. The van der Waals surface area contributed by atoms with Crippen molar-refractivity contribution in [3.05, 3.63) is 66.2 Å². The van der Waals surface area contributed by atoms with Crippen molar-refractivity contribution >= 4 is 17.6 Å². The third kappa shape index (κ3) is 4.95. The zero-order chi connectivity index (χ0) is 20.1. The molecule has 1 atom stereocenters. The van der Waals surface area contributed by atoms with Gasteiger partial charge < -0.3 is 15.1 Å². The number of anilines is 1. The molecule has 2 fully saturated rings. The molecule has 2 aromatic rings. The maximum Gasteiger partial charge on any atom is 0.317 e. The summed E-state index contributed by atoms with van der Waals surface area (Å²) < 4.78 is 0. The van der Waals surface area contributed by atoms with Gasteiger partial charge in [0.1, 0.15) is 6.54 Å². The van der Waals surface area contributed by atoms with Gasteiger partial charge in [-0.3, -0.25) is 9.69 Å². The molecule has 0 unspecified atom stereocenters. The molecule has 2 aliphatic rings. The summed E-state index contributed by atoms with van der Waals surface area (Å²) in [7, 11) is 0. The van der Waals surface area contributed by atoms with Crippen molar-refractivity contribution in [2.24, 2.45) is 5.92 Å². The molecule has 2 saturated heterocycles. The van der Waals surface area contributed by atoms with Crippen LogP contribution in [0.2, 0.25) is 0 Å². The number of carbonyl (C=O) groups excluding carboxylic acids is 2. The van der Waals surface area contributed by atoms with Crippen LogP contribution in [0.1, 0.15) is 12.0 Å². The Kier molecular flexibility index (Phi) is 6.10. The average Bonchev–Trinajstić information content (AvgIpc) is 3.20. The Balaban J connectivity index is 1.21. The lowest BCUT2D eigenvalue weighted by atomic mass is 10.1. The van der Waals surface area contributed by atoms with Crippen LogP contribution in [0.5, 0.6) is 0 Å². The fraction of sp³-hybridized carbons (Fsp3) is 0.391. The van der Waals surface area contributed by atoms with Crippen molar-refractivity contribution < 1.29 is 9.59 Å². The van der Waals surface area contributed by atoms with Gasteiger partial charge >= 0.3 is 6.03 Å². The molecule has 4 rings (SSSR count). The van der Waals surface area contributed by atoms with Crippen molar-refractivity contribution in [3.8, 4) is 0 Å². The van der Waals surface area contributed by atoms with Crippen molar-refractivity contribution in [3.63, 3.8) is 0 Å². The molecule has 0 aliphatic carbocycles. The van der Waals surface area contributed by atoms with E-state index in [1.807, 2.05) is 36.4 Å².